The number of aromatic nitrogens is 4. The summed E-state index contributed by atoms with van der Waals surface area (Å²) in [5, 5.41) is 3.04. The van der Waals surface area contributed by atoms with E-state index >= 15 is 0 Å². The first-order valence-electron chi connectivity index (χ1n) is 10.3. The zero-order valence-corrected chi connectivity index (χ0v) is 16.7. The molecule has 2 aromatic heterocycles. The molecule has 0 bridgehead atoms. The molecule has 7 nitrogen and oxygen atoms in total. The molecule has 0 radical (unpaired) electrons. The van der Waals surface area contributed by atoms with E-state index in [2.05, 4.69) is 25.2 Å². The minimum Gasteiger partial charge on any atom is -0.354 e. The summed E-state index contributed by atoms with van der Waals surface area (Å²) in [6, 6.07) is 7.69. The quantitative estimate of drug-likeness (QED) is 0.651. The van der Waals surface area contributed by atoms with E-state index < -0.39 is 6.04 Å². The average molecular weight is 408 g/mol. The van der Waals surface area contributed by atoms with E-state index in [4.69, 9.17) is 0 Å². The van der Waals surface area contributed by atoms with Crippen molar-refractivity contribution in [1.82, 2.24) is 29.7 Å². The maximum absolute atomic E-state index is 13.2. The summed E-state index contributed by atoms with van der Waals surface area (Å²) >= 11 is 0. The number of benzene rings is 1. The fourth-order valence-electron chi connectivity index (χ4n) is 3.76. The molecule has 1 N–H and O–H groups in total. The Morgan fingerprint density at radius 2 is 1.90 bits per heavy atom. The Bertz CT molecular complexity index is 954. The third kappa shape index (κ3) is 4.88. The van der Waals surface area contributed by atoms with Crippen LogP contribution in [0.4, 0.5) is 4.39 Å². The fraction of sp³-hybridized carbons (Fsp3) is 0.364. The first-order valence-corrected chi connectivity index (χ1v) is 10.3. The van der Waals surface area contributed by atoms with Crippen LogP contribution in [0, 0.1) is 5.82 Å². The van der Waals surface area contributed by atoms with Gasteiger partial charge in [0.1, 0.15) is 18.2 Å². The lowest BCUT2D eigenvalue weighted by atomic mass is 10.0. The van der Waals surface area contributed by atoms with Crippen molar-refractivity contribution >= 4 is 5.91 Å². The molecule has 156 valence electrons. The Morgan fingerprint density at radius 1 is 1.10 bits per heavy atom. The lowest BCUT2D eigenvalue weighted by molar-refractivity contribution is -0.127. The SMILES string of the molecule is O=C(NCCc1ccc(F)cc1)C(c1ccnc(-n2ccnc2)n1)N1CCCCC1. The molecule has 1 aromatic carbocycles. The van der Waals surface area contributed by atoms with E-state index in [1.807, 2.05) is 0 Å². The number of nitrogens with zero attached hydrogens (tertiary/aromatic N) is 5. The third-order valence-electron chi connectivity index (χ3n) is 5.31. The highest BCUT2D eigenvalue weighted by atomic mass is 19.1. The number of hydrogen-bond donors (Lipinski definition) is 1. The minimum atomic E-state index is -0.469. The van der Waals surface area contributed by atoms with Crippen LogP contribution < -0.4 is 5.32 Å². The highest BCUT2D eigenvalue weighted by Crippen LogP contribution is 2.24. The minimum absolute atomic E-state index is 0.0747. The van der Waals surface area contributed by atoms with Gasteiger partial charge in [0, 0.05) is 25.1 Å². The number of likely N-dealkylation sites (tertiary alicyclic amines) is 1. The second kappa shape index (κ2) is 9.58. The second-order valence-corrected chi connectivity index (χ2v) is 7.42. The van der Waals surface area contributed by atoms with Gasteiger partial charge in [0.25, 0.3) is 0 Å². The molecular formula is C22H25FN6O. The molecule has 1 amide bonds. The van der Waals surface area contributed by atoms with Gasteiger partial charge in [-0.2, -0.15) is 0 Å². The van der Waals surface area contributed by atoms with Crippen molar-refractivity contribution < 1.29 is 9.18 Å². The van der Waals surface area contributed by atoms with Gasteiger partial charge in [-0.1, -0.05) is 18.6 Å². The van der Waals surface area contributed by atoms with Crippen LogP contribution in [0.2, 0.25) is 0 Å². The summed E-state index contributed by atoms with van der Waals surface area (Å²) in [6.45, 7) is 2.20. The molecule has 30 heavy (non-hydrogen) atoms. The molecule has 8 heteroatoms. The van der Waals surface area contributed by atoms with Crippen molar-refractivity contribution in [3.63, 3.8) is 0 Å². The summed E-state index contributed by atoms with van der Waals surface area (Å²) in [6.07, 6.45) is 10.7. The number of halogens is 1. The Balaban J connectivity index is 1.50. The molecule has 1 aliphatic rings. The van der Waals surface area contributed by atoms with E-state index in [9.17, 15) is 9.18 Å². The van der Waals surface area contributed by atoms with Gasteiger partial charge in [0.2, 0.25) is 11.9 Å². The number of rotatable bonds is 7. The lowest BCUT2D eigenvalue weighted by Gasteiger charge is -2.33. The molecule has 3 aromatic rings. The summed E-state index contributed by atoms with van der Waals surface area (Å²) in [5.74, 6) is 0.158. The second-order valence-electron chi connectivity index (χ2n) is 7.42. The number of carbonyl (C=O) groups is 1. The number of nitrogens with one attached hydrogen (secondary N) is 1. The van der Waals surface area contributed by atoms with Gasteiger partial charge in [-0.3, -0.25) is 14.3 Å². The number of hydrogen-bond acceptors (Lipinski definition) is 5. The van der Waals surface area contributed by atoms with E-state index in [1.54, 1.807) is 47.7 Å². The van der Waals surface area contributed by atoms with Crippen LogP contribution in [0.5, 0.6) is 0 Å². The standard InChI is InChI=1S/C22H25FN6O/c23-18-6-4-17(5-7-18)8-10-25-21(30)20(28-13-2-1-3-14-28)19-9-11-26-22(27-19)29-15-12-24-16-29/h4-7,9,11-12,15-16,20H,1-3,8,10,13-14H2,(H,25,30). The van der Waals surface area contributed by atoms with Crippen LogP contribution >= 0.6 is 0 Å². The molecule has 0 spiro atoms. The van der Waals surface area contributed by atoms with Crippen molar-refractivity contribution in [3.8, 4) is 5.95 Å². The van der Waals surface area contributed by atoms with Gasteiger partial charge >= 0.3 is 0 Å². The van der Waals surface area contributed by atoms with Gasteiger partial charge in [0.15, 0.2) is 0 Å². The van der Waals surface area contributed by atoms with E-state index in [1.165, 1.54) is 18.6 Å². The molecule has 0 saturated carbocycles. The van der Waals surface area contributed by atoms with Crippen LogP contribution in [0.25, 0.3) is 5.95 Å². The number of carbonyl (C=O) groups excluding carboxylic acids is 1. The molecule has 3 heterocycles. The highest BCUT2D eigenvalue weighted by Gasteiger charge is 2.30. The number of piperidine rings is 1. The zero-order chi connectivity index (χ0) is 20.8. The Hall–Kier alpha value is -3.13. The first kappa shape index (κ1) is 20.2. The molecule has 1 fully saturated rings. The molecule has 0 aliphatic carbocycles. The van der Waals surface area contributed by atoms with Crippen molar-refractivity contribution in [2.45, 2.75) is 31.7 Å². The van der Waals surface area contributed by atoms with Crippen molar-refractivity contribution in [3.05, 3.63) is 72.3 Å². The number of imidazole rings is 1. The molecule has 1 atom stereocenters. The Labute approximate surface area is 175 Å². The van der Waals surface area contributed by atoms with E-state index in [0.29, 0.717) is 24.6 Å². The topological polar surface area (TPSA) is 75.9 Å². The normalized spacial score (nSPS) is 15.6. The summed E-state index contributed by atoms with van der Waals surface area (Å²) in [7, 11) is 0. The smallest absolute Gasteiger partial charge is 0.243 e. The van der Waals surface area contributed by atoms with Crippen LogP contribution in [0.3, 0.4) is 0 Å². The Morgan fingerprint density at radius 3 is 2.63 bits per heavy atom. The average Bonchev–Trinajstić information content (AvgIpc) is 3.31. The van der Waals surface area contributed by atoms with Gasteiger partial charge in [-0.25, -0.2) is 19.3 Å². The molecule has 1 aliphatic heterocycles. The van der Waals surface area contributed by atoms with E-state index in [-0.39, 0.29) is 11.7 Å². The van der Waals surface area contributed by atoms with Gasteiger partial charge in [-0.05, 0) is 56.1 Å². The highest BCUT2D eigenvalue weighted by molar-refractivity contribution is 5.82. The molecule has 1 unspecified atom stereocenters. The summed E-state index contributed by atoms with van der Waals surface area (Å²) < 4.78 is 14.8. The van der Waals surface area contributed by atoms with Crippen LogP contribution in [-0.4, -0.2) is 50.0 Å². The molecule has 1 saturated heterocycles. The summed E-state index contributed by atoms with van der Waals surface area (Å²) in [4.78, 5) is 28.4. The van der Waals surface area contributed by atoms with Gasteiger partial charge < -0.3 is 5.32 Å². The number of amides is 1. The monoisotopic (exact) mass is 408 g/mol. The predicted molar refractivity (Wildman–Crippen MR) is 110 cm³/mol. The van der Waals surface area contributed by atoms with Crippen LogP contribution in [-0.2, 0) is 11.2 Å². The largest absolute Gasteiger partial charge is 0.354 e. The van der Waals surface area contributed by atoms with Crippen molar-refractivity contribution in [2.75, 3.05) is 19.6 Å². The lowest BCUT2D eigenvalue weighted by Crippen LogP contribution is -2.43. The summed E-state index contributed by atoms with van der Waals surface area (Å²) in [5.41, 5.74) is 1.66. The van der Waals surface area contributed by atoms with Crippen LogP contribution in [0.15, 0.2) is 55.2 Å². The third-order valence-corrected chi connectivity index (χ3v) is 5.31. The Kier molecular flexibility index (Phi) is 6.44. The maximum atomic E-state index is 13.2. The van der Waals surface area contributed by atoms with Crippen molar-refractivity contribution in [1.29, 1.82) is 0 Å². The molecule has 4 rings (SSSR count). The zero-order valence-electron chi connectivity index (χ0n) is 16.7. The fourth-order valence-corrected chi connectivity index (χ4v) is 3.76. The van der Waals surface area contributed by atoms with Gasteiger partial charge in [0.05, 0.1) is 5.69 Å². The predicted octanol–water partition coefficient (Wildman–Crippen LogP) is 2.69. The molecular weight excluding hydrogens is 383 g/mol. The maximum Gasteiger partial charge on any atom is 0.243 e. The van der Waals surface area contributed by atoms with E-state index in [0.717, 1.165) is 31.5 Å². The van der Waals surface area contributed by atoms with Gasteiger partial charge in [-0.15, -0.1) is 0 Å². The van der Waals surface area contributed by atoms with Crippen LogP contribution in [0.1, 0.15) is 36.6 Å². The first-order chi connectivity index (χ1) is 14.7. The van der Waals surface area contributed by atoms with Crippen molar-refractivity contribution in [2.24, 2.45) is 0 Å².